The van der Waals surface area contributed by atoms with Gasteiger partial charge in [0.1, 0.15) is 17.6 Å². The zero-order valence-corrected chi connectivity index (χ0v) is 12.7. The predicted octanol–water partition coefficient (Wildman–Crippen LogP) is 2.98. The number of hydrogen-bond acceptors (Lipinski definition) is 3. The van der Waals surface area contributed by atoms with Gasteiger partial charge in [-0.25, -0.2) is 4.79 Å². The molecule has 6 heteroatoms. The SMILES string of the molecule is O=C(O)N1CCC(Oc2cccc(OCCBr)c2)CC1. The zero-order chi connectivity index (χ0) is 14.4. The number of rotatable bonds is 5. The van der Waals surface area contributed by atoms with E-state index in [1.807, 2.05) is 24.3 Å². The molecule has 1 amide bonds. The number of piperidine rings is 1. The second kappa shape index (κ2) is 7.38. The Labute approximate surface area is 126 Å². The maximum absolute atomic E-state index is 10.8. The fraction of sp³-hybridized carbons (Fsp3) is 0.500. The van der Waals surface area contributed by atoms with Crippen LogP contribution in [-0.2, 0) is 0 Å². The van der Waals surface area contributed by atoms with Crippen LogP contribution < -0.4 is 9.47 Å². The molecule has 0 aliphatic carbocycles. The molecular formula is C14H18BrNO4. The van der Waals surface area contributed by atoms with Gasteiger partial charge >= 0.3 is 6.09 Å². The first-order valence-corrected chi connectivity index (χ1v) is 7.74. The molecule has 0 bridgehead atoms. The average molecular weight is 344 g/mol. The number of carbonyl (C=O) groups is 1. The molecule has 0 saturated carbocycles. The molecule has 0 atom stereocenters. The Balaban J connectivity index is 1.86. The number of amides is 1. The standard InChI is InChI=1S/C14H18BrNO4/c15-6-9-19-12-2-1-3-13(10-12)20-11-4-7-16(8-5-11)14(17)18/h1-3,10-11H,4-9H2,(H,17,18). The second-order valence-electron chi connectivity index (χ2n) is 4.60. The normalized spacial score (nSPS) is 15.9. The topological polar surface area (TPSA) is 59.0 Å². The van der Waals surface area contributed by atoms with E-state index in [1.54, 1.807) is 0 Å². The van der Waals surface area contributed by atoms with Crippen LogP contribution >= 0.6 is 15.9 Å². The van der Waals surface area contributed by atoms with Gasteiger partial charge in [0.25, 0.3) is 0 Å². The largest absolute Gasteiger partial charge is 0.493 e. The van der Waals surface area contributed by atoms with E-state index in [2.05, 4.69) is 15.9 Å². The molecule has 1 N–H and O–H groups in total. The van der Waals surface area contributed by atoms with Crippen molar-refractivity contribution in [1.29, 1.82) is 0 Å². The third-order valence-corrected chi connectivity index (χ3v) is 3.49. The van der Waals surface area contributed by atoms with E-state index in [-0.39, 0.29) is 6.10 Å². The zero-order valence-electron chi connectivity index (χ0n) is 11.1. The number of hydrogen-bond donors (Lipinski definition) is 1. The van der Waals surface area contributed by atoms with Crippen LogP contribution in [0.4, 0.5) is 4.79 Å². The van der Waals surface area contributed by atoms with E-state index < -0.39 is 6.09 Å². The average Bonchev–Trinajstić information content (AvgIpc) is 2.46. The van der Waals surface area contributed by atoms with Crippen molar-refractivity contribution in [1.82, 2.24) is 4.90 Å². The summed E-state index contributed by atoms with van der Waals surface area (Å²) in [6, 6.07) is 7.55. The van der Waals surface area contributed by atoms with Crippen molar-refractivity contribution in [3.63, 3.8) is 0 Å². The molecule has 20 heavy (non-hydrogen) atoms. The van der Waals surface area contributed by atoms with Crippen molar-refractivity contribution in [3.8, 4) is 11.5 Å². The highest BCUT2D eigenvalue weighted by Crippen LogP contribution is 2.23. The summed E-state index contributed by atoms with van der Waals surface area (Å²) in [7, 11) is 0. The highest BCUT2D eigenvalue weighted by atomic mass is 79.9. The first kappa shape index (κ1) is 15.0. The smallest absolute Gasteiger partial charge is 0.407 e. The van der Waals surface area contributed by atoms with Crippen LogP contribution in [-0.4, -0.2) is 47.2 Å². The lowest BCUT2D eigenvalue weighted by molar-refractivity contribution is 0.0893. The first-order chi connectivity index (χ1) is 9.69. The Morgan fingerprint density at radius 2 is 2.05 bits per heavy atom. The van der Waals surface area contributed by atoms with Crippen LogP contribution in [0.2, 0.25) is 0 Å². The van der Waals surface area contributed by atoms with Crippen molar-refractivity contribution >= 4 is 22.0 Å². The molecule has 1 aliphatic rings. The van der Waals surface area contributed by atoms with Crippen LogP contribution in [0.1, 0.15) is 12.8 Å². The molecule has 0 spiro atoms. The molecule has 1 saturated heterocycles. The van der Waals surface area contributed by atoms with E-state index in [9.17, 15) is 4.79 Å². The third kappa shape index (κ3) is 4.30. The van der Waals surface area contributed by atoms with Crippen LogP contribution in [0.3, 0.4) is 0 Å². The molecule has 0 unspecified atom stereocenters. The third-order valence-electron chi connectivity index (χ3n) is 3.17. The van der Waals surface area contributed by atoms with Gasteiger partial charge in [-0.05, 0) is 12.1 Å². The molecule has 1 aliphatic heterocycles. The second-order valence-corrected chi connectivity index (χ2v) is 5.39. The summed E-state index contributed by atoms with van der Waals surface area (Å²) < 4.78 is 11.4. The Morgan fingerprint density at radius 1 is 1.35 bits per heavy atom. The van der Waals surface area contributed by atoms with Crippen LogP contribution in [0.15, 0.2) is 24.3 Å². The predicted molar refractivity (Wildman–Crippen MR) is 79.0 cm³/mol. The maximum Gasteiger partial charge on any atom is 0.407 e. The highest BCUT2D eigenvalue weighted by molar-refractivity contribution is 9.09. The van der Waals surface area contributed by atoms with Crippen molar-refractivity contribution < 1.29 is 19.4 Å². The fourth-order valence-corrected chi connectivity index (χ4v) is 2.31. The number of likely N-dealkylation sites (tertiary alicyclic amines) is 1. The number of benzene rings is 1. The lowest BCUT2D eigenvalue weighted by Gasteiger charge is -2.30. The Bertz CT molecular complexity index is 447. The van der Waals surface area contributed by atoms with E-state index in [4.69, 9.17) is 14.6 Å². The van der Waals surface area contributed by atoms with Gasteiger partial charge in [-0.1, -0.05) is 22.0 Å². The van der Waals surface area contributed by atoms with Gasteiger partial charge in [-0.2, -0.15) is 0 Å². The summed E-state index contributed by atoms with van der Waals surface area (Å²) in [6.07, 6.45) is 0.656. The highest BCUT2D eigenvalue weighted by Gasteiger charge is 2.23. The summed E-state index contributed by atoms with van der Waals surface area (Å²) in [5, 5.41) is 9.68. The Kier molecular flexibility index (Phi) is 5.52. The lowest BCUT2D eigenvalue weighted by Crippen LogP contribution is -2.41. The van der Waals surface area contributed by atoms with Gasteiger partial charge in [0, 0.05) is 37.3 Å². The Hall–Kier alpha value is -1.43. The summed E-state index contributed by atoms with van der Waals surface area (Å²) in [6.45, 7) is 1.67. The number of halogens is 1. The van der Waals surface area contributed by atoms with E-state index in [1.165, 1.54) is 4.90 Å². The number of ether oxygens (including phenoxy) is 2. The minimum Gasteiger partial charge on any atom is -0.493 e. The van der Waals surface area contributed by atoms with Gasteiger partial charge < -0.3 is 19.5 Å². The monoisotopic (exact) mass is 343 g/mol. The summed E-state index contributed by atoms with van der Waals surface area (Å²) >= 11 is 3.31. The lowest BCUT2D eigenvalue weighted by atomic mass is 10.1. The summed E-state index contributed by atoms with van der Waals surface area (Å²) in [5.41, 5.74) is 0. The Morgan fingerprint density at radius 3 is 2.70 bits per heavy atom. The van der Waals surface area contributed by atoms with Crippen molar-refractivity contribution in [2.24, 2.45) is 0 Å². The molecule has 1 heterocycles. The molecule has 1 aromatic rings. The van der Waals surface area contributed by atoms with Gasteiger partial charge in [0.2, 0.25) is 0 Å². The van der Waals surface area contributed by atoms with Crippen LogP contribution in [0, 0.1) is 0 Å². The van der Waals surface area contributed by atoms with Gasteiger partial charge in [0.05, 0.1) is 6.61 Å². The quantitative estimate of drug-likeness (QED) is 0.835. The minimum atomic E-state index is -0.853. The van der Waals surface area contributed by atoms with Gasteiger partial charge in [-0.15, -0.1) is 0 Å². The molecular weight excluding hydrogens is 326 g/mol. The molecule has 1 fully saturated rings. The minimum absolute atomic E-state index is 0.0667. The molecule has 2 rings (SSSR count). The first-order valence-electron chi connectivity index (χ1n) is 6.62. The molecule has 0 aromatic heterocycles. The number of alkyl halides is 1. The molecule has 110 valence electrons. The maximum atomic E-state index is 10.8. The summed E-state index contributed by atoms with van der Waals surface area (Å²) in [4.78, 5) is 12.3. The van der Waals surface area contributed by atoms with Crippen LogP contribution in [0.25, 0.3) is 0 Å². The molecule has 5 nitrogen and oxygen atoms in total. The summed E-state index contributed by atoms with van der Waals surface area (Å²) in [5.74, 6) is 1.55. The molecule has 1 aromatic carbocycles. The van der Waals surface area contributed by atoms with Gasteiger partial charge in [-0.3, -0.25) is 0 Å². The van der Waals surface area contributed by atoms with E-state index in [0.29, 0.717) is 19.7 Å². The van der Waals surface area contributed by atoms with Crippen molar-refractivity contribution in [2.45, 2.75) is 18.9 Å². The number of carboxylic acid groups (broad SMARTS) is 1. The van der Waals surface area contributed by atoms with E-state index >= 15 is 0 Å². The van der Waals surface area contributed by atoms with E-state index in [0.717, 1.165) is 29.7 Å². The molecule has 0 radical (unpaired) electrons. The van der Waals surface area contributed by atoms with Crippen molar-refractivity contribution in [2.75, 3.05) is 25.0 Å². The fourth-order valence-electron chi connectivity index (χ4n) is 2.15. The van der Waals surface area contributed by atoms with Crippen molar-refractivity contribution in [3.05, 3.63) is 24.3 Å². The van der Waals surface area contributed by atoms with Crippen LogP contribution in [0.5, 0.6) is 11.5 Å². The van der Waals surface area contributed by atoms with Gasteiger partial charge in [0.15, 0.2) is 0 Å². The number of nitrogens with zero attached hydrogens (tertiary/aromatic N) is 1.